The van der Waals surface area contributed by atoms with Crippen molar-refractivity contribution in [3.05, 3.63) is 126 Å². The molecule has 0 saturated heterocycles. The molecule has 232 valence electrons. The molecule has 1 aliphatic heterocycles. The van der Waals surface area contributed by atoms with E-state index in [0.717, 1.165) is 10.3 Å². The van der Waals surface area contributed by atoms with Gasteiger partial charge in [-0.25, -0.2) is 4.79 Å². The van der Waals surface area contributed by atoms with Crippen molar-refractivity contribution in [1.82, 2.24) is 0 Å². The number of halogens is 4. The Hall–Kier alpha value is -4.10. The quantitative estimate of drug-likeness (QED) is 0.126. The van der Waals surface area contributed by atoms with Crippen LogP contribution in [0.5, 0.6) is 23.0 Å². The summed E-state index contributed by atoms with van der Waals surface area (Å²) in [5.74, 6) is 0.177. The van der Waals surface area contributed by atoms with Crippen molar-refractivity contribution in [1.29, 1.82) is 5.26 Å². The molecule has 2 N–H and O–H groups in total. The summed E-state index contributed by atoms with van der Waals surface area (Å²) in [6.45, 7) is 2.42. The van der Waals surface area contributed by atoms with Gasteiger partial charge in [-0.3, -0.25) is 0 Å². The highest BCUT2D eigenvalue weighted by atomic mass is 35.5. The Morgan fingerprint density at radius 3 is 2.54 bits per heavy atom. The predicted molar refractivity (Wildman–Crippen MR) is 181 cm³/mol. The first kappa shape index (κ1) is 31.9. The summed E-state index contributed by atoms with van der Waals surface area (Å²) in [5, 5.41) is 12.4. The highest BCUT2D eigenvalue weighted by molar-refractivity contribution is 7.21. The number of allylic oxidation sites excluding steroid dienone is 1. The van der Waals surface area contributed by atoms with Crippen LogP contribution in [-0.4, -0.2) is 12.6 Å². The third kappa shape index (κ3) is 6.17. The van der Waals surface area contributed by atoms with Crippen molar-refractivity contribution in [2.24, 2.45) is 5.73 Å². The van der Waals surface area contributed by atoms with E-state index in [1.165, 1.54) is 11.3 Å². The molecule has 1 aliphatic rings. The molecule has 1 atom stereocenters. The summed E-state index contributed by atoms with van der Waals surface area (Å²) in [4.78, 5) is 13.4. The highest BCUT2D eigenvalue weighted by Gasteiger charge is 2.32. The lowest BCUT2D eigenvalue weighted by molar-refractivity contribution is 0.0740. The van der Waals surface area contributed by atoms with Gasteiger partial charge in [0, 0.05) is 37.3 Å². The number of thiophene rings is 1. The van der Waals surface area contributed by atoms with Gasteiger partial charge in [-0.1, -0.05) is 70.7 Å². The van der Waals surface area contributed by atoms with Crippen LogP contribution in [0.4, 0.5) is 0 Å². The van der Waals surface area contributed by atoms with Crippen molar-refractivity contribution >= 4 is 73.8 Å². The van der Waals surface area contributed by atoms with Gasteiger partial charge in [-0.2, -0.15) is 5.26 Å². The summed E-state index contributed by atoms with van der Waals surface area (Å²) < 4.78 is 24.3. The van der Waals surface area contributed by atoms with Crippen molar-refractivity contribution in [3.8, 4) is 29.1 Å². The Balaban J connectivity index is 1.30. The number of nitriles is 1. The Bertz CT molecular complexity index is 2090. The summed E-state index contributed by atoms with van der Waals surface area (Å²) in [5.41, 5.74) is 8.56. The fourth-order valence-corrected chi connectivity index (χ4v) is 7.37. The molecule has 0 saturated carbocycles. The first-order valence-electron chi connectivity index (χ1n) is 13.8. The van der Waals surface area contributed by atoms with Gasteiger partial charge in [0.2, 0.25) is 5.88 Å². The normalized spacial score (nSPS) is 14.0. The van der Waals surface area contributed by atoms with E-state index in [-0.39, 0.29) is 33.7 Å². The monoisotopic (exact) mass is 710 g/mol. The molecule has 2 heterocycles. The number of ether oxygens (including phenoxy) is 4. The fourth-order valence-electron chi connectivity index (χ4n) is 5.08. The first-order valence-corrected chi connectivity index (χ1v) is 16.1. The topological polar surface area (TPSA) is 104 Å². The SMILES string of the molecule is CCOc1cc(C2C(C#N)=C(N)Oc3cc(OC(=O)c4sc5cccc(Cl)c5c4Cl)ccc32)ccc1OCc1ccc(Cl)cc1Cl. The zero-order valence-electron chi connectivity index (χ0n) is 23.9. The van der Waals surface area contributed by atoms with Gasteiger partial charge in [0.25, 0.3) is 0 Å². The van der Waals surface area contributed by atoms with Gasteiger partial charge in [-0.15, -0.1) is 11.3 Å². The maximum Gasteiger partial charge on any atom is 0.355 e. The van der Waals surface area contributed by atoms with Crippen molar-refractivity contribution in [2.75, 3.05) is 6.61 Å². The molecular formula is C34H22Cl4N2O5S. The van der Waals surface area contributed by atoms with Crippen LogP contribution in [0, 0.1) is 11.3 Å². The van der Waals surface area contributed by atoms with E-state index in [9.17, 15) is 10.1 Å². The van der Waals surface area contributed by atoms with E-state index in [1.807, 2.05) is 19.1 Å². The number of benzene rings is 4. The Morgan fingerprint density at radius 2 is 1.80 bits per heavy atom. The lowest BCUT2D eigenvalue weighted by Gasteiger charge is -2.27. The van der Waals surface area contributed by atoms with Gasteiger partial charge >= 0.3 is 5.97 Å². The van der Waals surface area contributed by atoms with Crippen molar-refractivity contribution in [3.63, 3.8) is 0 Å². The van der Waals surface area contributed by atoms with Gasteiger partial charge < -0.3 is 24.7 Å². The molecular weight excluding hydrogens is 690 g/mol. The van der Waals surface area contributed by atoms with Crippen LogP contribution in [0.25, 0.3) is 10.1 Å². The fraction of sp³-hybridized carbons (Fsp3) is 0.118. The lowest BCUT2D eigenvalue weighted by atomic mass is 9.83. The maximum absolute atomic E-state index is 13.1. The molecule has 12 heteroatoms. The summed E-state index contributed by atoms with van der Waals surface area (Å²) in [6.07, 6.45) is 0. The van der Waals surface area contributed by atoms with Crippen molar-refractivity contribution in [2.45, 2.75) is 19.4 Å². The number of rotatable bonds is 8. The second-order valence-corrected chi connectivity index (χ2v) is 12.7. The largest absolute Gasteiger partial charge is 0.490 e. The van der Waals surface area contributed by atoms with Crippen LogP contribution in [0.3, 0.4) is 0 Å². The summed E-state index contributed by atoms with van der Waals surface area (Å²) in [7, 11) is 0. The molecule has 46 heavy (non-hydrogen) atoms. The zero-order chi connectivity index (χ0) is 32.5. The number of carbonyl (C=O) groups is 1. The van der Waals surface area contributed by atoms with Gasteiger partial charge in [0.15, 0.2) is 11.5 Å². The molecule has 7 nitrogen and oxygen atoms in total. The molecule has 1 aromatic heterocycles. The van der Waals surface area contributed by atoms with Crippen LogP contribution in [0.1, 0.15) is 39.2 Å². The molecule has 0 fully saturated rings. The van der Waals surface area contributed by atoms with E-state index in [0.29, 0.717) is 55.4 Å². The second kappa shape index (κ2) is 13.3. The lowest BCUT2D eigenvalue weighted by Crippen LogP contribution is -2.21. The van der Waals surface area contributed by atoms with Crippen LogP contribution in [-0.2, 0) is 6.61 Å². The Morgan fingerprint density at radius 1 is 0.978 bits per heavy atom. The van der Waals surface area contributed by atoms with Gasteiger partial charge in [-0.05, 0) is 55.0 Å². The van der Waals surface area contributed by atoms with Crippen LogP contribution in [0.2, 0.25) is 20.1 Å². The maximum atomic E-state index is 13.1. The summed E-state index contributed by atoms with van der Waals surface area (Å²) in [6, 6.07) is 23.0. The highest BCUT2D eigenvalue weighted by Crippen LogP contribution is 2.46. The molecule has 6 rings (SSSR count). The number of esters is 1. The Labute approximate surface area is 288 Å². The minimum Gasteiger partial charge on any atom is -0.490 e. The average Bonchev–Trinajstić information content (AvgIpc) is 3.38. The molecule has 0 bridgehead atoms. The number of fused-ring (bicyclic) bond motifs is 2. The molecule has 0 radical (unpaired) electrons. The third-order valence-electron chi connectivity index (χ3n) is 7.19. The van der Waals surface area contributed by atoms with Gasteiger partial charge in [0.05, 0.1) is 22.6 Å². The van der Waals surface area contributed by atoms with E-state index in [1.54, 1.807) is 60.7 Å². The van der Waals surface area contributed by atoms with E-state index >= 15 is 0 Å². The number of carbonyl (C=O) groups excluding carboxylic acids is 1. The molecule has 5 aromatic rings. The third-order valence-corrected chi connectivity index (χ3v) is 9.72. The molecule has 0 aliphatic carbocycles. The Kier molecular flexibility index (Phi) is 9.23. The number of nitrogens with zero attached hydrogens (tertiary/aromatic N) is 1. The van der Waals surface area contributed by atoms with Crippen molar-refractivity contribution < 1.29 is 23.7 Å². The first-order chi connectivity index (χ1) is 22.2. The van der Waals surface area contributed by atoms with E-state index in [4.69, 9.17) is 71.1 Å². The summed E-state index contributed by atoms with van der Waals surface area (Å²) >= 11 is 26.3. The minimum absolute atomic E-state index is 0.0682. The van der Waals surface area contributed by atoms with E-state index < -0.39 is 11.9 Å². The van der Waals surface area contributed by atoms with E-state index in [2.05, 4.69) is 6.07 Å². The molecule has 0 spiro atoms. The second-order valence-electron chi connectivity index (χ2n) is 10.0. The smallest absolute Gasteiger partial charge is 0.355 e. The van der Waals surface area contributed by atoms with Crippen LogP contribution < -0.4 is 24.7 Å². The molecule has 1 unspecified atom stereocenters. The zero-order valence-corrected chi connectivity index (χ0v) is 27.7. The standard InChI is InChI=1S/C34H22Cl4N2O5S/c1-2-42-27-12-17(7-11-25(27)43-16-18-6-8-19(35)13-24(18)37)29-21-10-9-20(14-26(21)45-33(40)22(29)15-39)44-34(41)32-31(38)30-23(36)4-3-5-28(30)46-32/h3-14,29H,2,16,40H2,1H3. The molecule has 4 aromatic carbocycles. The van der Waals surface area contributed by atoms with Crippen LogP contribution in [0.15, 0.2) is 84.3 Å². The number of nitrogens with two attached hydrogens (primary N) is 1. The number of hydrogen-bond donors (Lipinski definition) is 1. The predicted octanol–water partition coefficient (Wildman–Crippen LogP) is 9.93. The molecule has 0 amide bonds. The number of hydrogen-bond acceptors (Lipinski definition) is 8. The average molecular weight is 712 g/mol. The van der Waals surface area contributed by atoms with Crippen LogP contribution >= 0.6 is 57.7 Å². The van der Waals surface area contributed by atoms with Gasteiger partial charge in [0.1, 0.15) is 34.6 Å². The minimum atomic E-state index is -0.646.